The molecule has 0 amide bonds. The summed E-state index contributed by atoms with van der Waals surface area (Å²) < 4.78 is 5.38. The fraction of sp³-hybridized carbons (Fsp3) is 0.429. The number of H-pyrrole nitrogens is 1. The number of fused-ring (bicyclic) bond motifs is 1. The van der Waals surface area contributed by atoms with Crippen molar-refractivity contribution in [3.8, 4) is 0 Å². The first-order valence-corrected chi connectivity index (χ1v) is 6.65. The lowest BCUT2D eigenvalue weighted by Crippen LogP contribution is -2.29. The molecule has 18 heavy (non-hydrogen) atoms. The molecule has 0 aliphatic heterocycles. The van der Waals surface area contributed by atoms with Gasteiger partial charge in [-0.05, 0) is 31.5 Å². The van der Waals surface area contributed by atoms with E-state index in [0.29, 0.717) is 6.04 Å². The second-order valence-electron chi connectivity index (χ2n) is 4.45. The minimum absolute atomic E-state index is 0.349. The van der Waals surface area contributed by atoms with Crippen molar-refractivity contribution in [2.75, 3.05) is 13.2 Å². The monoisotopic (exact) mass is 266 g/mol. The summed E-state index contributed by atoms with van der Waals surface area (Å²) in [6.45, 7) is 6.47. The molecular weight excluding hydrogens is 248 g/mol. The van der Waals surface area contributed by atoms with Crippen LogP contribution >= 0.6 is 11.6 Å². The molecule has 1 atom stereocenters. The maximum Gasteiger partial charge on any atom is 0.0616 e. The van der Waals surface area contributed by atoms with Gasteiger partial charge in [-0.25, -0.2) is 0 Å². The van der Waals surface area contributed by atoms with Crippen molar-refractivity contribution in [1.82, 2.24) is 10.3 Å². The van der Waals surface area contributed by atoms with Crippen molar-refractivity contribution in [3.05, 3.63) is 35.0 Å². The van der Waals surface area contributed by atoms with E-state index in [4.69, 9.17) is 16.3 Å². The number of aromatic amines is 1. The number of rotatable bonds is 6. The van der Waals surface area contributed by atoms with Crippen LogP contribution in [0.1, 0.15) is 19.4 Å². The molecule has 1 heterocycles. The molecule has 0 saturated carbocycles. The van der Waals surface area contributed by atoms with Gasteiger partial charge in [0.25, 0.3) is 0 Å². The molecule has 0 saturated heterocycles. The lowest BCUT2D eigenvalue weighted by atomic mass is 10.1. The fourth-order valence-corrected chi connectivity index (χ4v) is 2.11. The minimum Gasteiger partial charge on any atom is -0.380 e. The zero-order valence-electron chi connectivity index (χ0n) is 10.8. The molecule has 1 unspecified atom stereocenters. The van der Waals surface area contributed by atoms with E-state index in [-0.39, 0.29) is 0 Å². The second kappa shape index (κ2) is 6.23. The molecule has 0 fully saturated rings. The Morgan fingerprint density at radius 2 is 2.28 bits per heavy atom. The Kier molecular flexibility index (Phi) is 4.64. The Labute approximate surface area is 112 Å². The molecule has 98 valence electrons. The quantitative estimate of drug-likeness (QED) is 0.841. The molecule has 3 nitrogen and oxygen atoms in total. The number of hydrogen-bond donors (Lipinski definition) is 2. The van der Waals surface area contributed by atoms with Crippen LogP contribution in [-0.2, 0) is 11.3 Å². The molecule has 0 aliphatic rings. The topological polar surface area (TPSA) is 37.0 Å². The third kappa shape index (κ3) is 3.25. The third-order valence-electron chi connectivity index (χ3n) is 2.94. The molecule has 4 heteroatoms. The summed E-state index contributed by atoms with van der Waals surface area (Å²) in [6, 6.07) is 6.27. The van der Waals surface area contributed by atoms with Crippen molar-refractivity contribution in [2.45, 2.75) is 26.4 Å². The van der Waals surface area contributed by atoms with Crippen molar-refractivity contribution in [2.24, 2.45) is 0 Å². The molecule has 0 bridgehead atoms. The summed E-state index contributed by atoms with van der Waals surface area (Å²) >= 11 is 5.96. The van der Waals surface area contributed by atoms with Gasteiger partial charge >= 0.3 is 0 Å². The first-order chi connectivity index (χ1) is 8.70. The van der Waals surface area contributed by atoms with E-state index in [9.17, 15) is 0 Å². The average Bonchev–Trinajstić information content (AvgIpc) is 2.76. The highest BCUT2D eigenvalue weighted by Gasteiger charge is 2.06. The Morgan fingerprint density at radius 3 is 3.06 bits per heavy atom. The number of nitrogens with one attached hydrogen (secondary N) is 2. The minimum atomic E-state index is 0.349. The first kappa shape index (κ1) is 13.4. The highest BCUT2D eigenvalue weighted by atomic mass is 35.5. The van der Waals surface area contributed by atoms with Crippen LogP contribution in [0.5, 0.6) is 0 Å². The molecule has 0 radical (unpaired) electrons. The van der Waals surface area contributed by atoms with Gasteiger partial charge in [0, 0.05) is 41.3 Å². The predicted octanol–water partition coefficient (Wildman–Crippen LogP) is 3.34. The standard InChI is InChI=1S/C14H19ClN2O/c1-3-18-9-10(2)16-7-11-8-17-14-6-12(15)4-5-13(11)14/h4-6,8,10,16-17H,3,7,9H2,1-2H3. The Bertz CT molecular complexity index is 509. The van der Waals surface area contributed by atoms with E-state index in [1.165, 1.54) is 10.9 Å². The van der Waals surface area contributed by atoms with Crippen LogP contribution in [-0.4, -0.2) is 24.2 Å². The maximum atomic E-state index is 5.96. The predicted molar refractivity (Wildman–Crippen MR) is 76.1 cm³/mol. The van der Waals surface area contributed by atoms with E-state index < -0.39 is 0 Å². The molecule has 2 aromatic rings. The Balaban J connectivity index is 1.99. The number of benzene rings is 1. The van der Waals surface area contributed by atoms with Gasteiger partial charge in [0.2, 0.25) is 0 Å². The van der Waals surface area contributed by atoms with Gasteiger partial charge < -0.3 is 15.0 Å². The van der Waals surface area contributed by atoms with E-state index in [2.05, 4.69) is 23.3 Å². The summed E-state index contributed by atoms with van der Waals surface area (Å²) in [7, 11) is 0. The van der Waals surface area contributed by atoms with Crippen LogP contribution in [0.3, 0.4) is 0 Å². The molecule has 1 aromatic heterocycles. The van der Waals surface area contributed by atoms with Gasteiger partial charge in [-0.15, -0.1) is 0 Å². The largest absolute Gasteiger partial charge is 0.380 e. The van der Waals surface area contributed by atoms with Crippen molar-refractivity contribution < 1.29 is 4.74 Å². The second-order valence-corrected chi connectivity index (χ2v) is 4.88. The smallest absolute Gasteiger partial charge is 0.0616 e. The van der Waals surface area contributed by atoms with Crippen LogP contribution in [0.15, 0.2) is 24.4 Å². The van der Waals surface area contributed by atoms with Crippen molar-refractivity contribution in [3.63, 3.8) is 0 Å². The lowest BCUT2D eigenvalue weighted by molar-refractivity contribution is 0.127. The third-order valence-corrected chi connectivity index (χ3v) is 3.18. The summed E-state index contributed by atoms with van der Waals surface area (Å²) in [5.74, 6) is 0. The van der Waals surface area contributed by atoms with E-state index >= 15 is 0 Å². The van der Waals surface area contributed by atoms with E-state index in [1.807, 2.05) is 25.3 Å². The van der Waals surface area contributed by atoms with Crippen LogP contribution in [0, 0.1) is 0 Å². The van der Waals surface area contributed by atoms with Crippen LogP contribution in [0.4, 0.5) is 0 Å². The van der Waals surface area contributed by atoms with Crippen LogP contribution < -0.4 is 5.32 Å². The summed E-state index contributed by atoms with van der Waals surface area (Å²) in [6.07, 6.45) is 2.03. The molecule has 1 aromatic carbocycles. The number of ether oxygens (including phenoxy) is 1. The lowest BCUT2D eigenvalue weighted by Gasteiger charge is -2.13. The Hall–Kier alpha value is -1.03. The van der Waals surface area contributed by atoms with Crippen LogP contribution in [0.2, 0.25) is 5.02 Å². The zero-order valence-corrected chi connectivity index (χ0v) is 11.6. The number of hydrogen-bond acceptors (Lipinski definition) is 2. The molecule has 0 aliphatic carbocycles. The van der Waals surface area contributed by atoms with E-state index in [1.54, 1.807) is 0 Å². The maximum absolute atomic E-state index is 5.96. The van der Waals surface area contributed by atoms with Gasteiger partial charge in [0.05, 0.1) is 6.61 Å². The highest BCUT2D eigenvalue weighted by Crippen LogP contribution is 2.21. The first-order valence-electron chi connectivity index (χ1n) is 6.27. The van der Waals surface area contributed by atoms with Crippen LogP contribution in [0.25, 0.3) is 10.9 Å². The molecule has 0 spiro atoms. The number of halogens is 1. The normalized spacial score (nSPS) is 13.1. The summed E-state index contributed by atoms with van der Waals surface area (Å²) in [5, 5.41) is 5.42. The van der Waals surface area contributed by atoms with Crippen molar-refractivity contribution in [1.29, 1.82) is 0 Å². The SMILES string of the molecule is CCOCC(C)NCc1c[nH]c2cc(Cl)ccc12. The zero-order chi connectivity index (χ0) is 13.0. The highest BCUT2D eigenvalue weighted by molar-refractivity contribution is 6.31. The van der Waals surface area contributed by atoms with Crippen molar-refractivity contribution >= 4 is 22.5 Å². The Morgan fingerprint density at radius 1 is 1.44 bits per heavy atom. The summed E-state index contributed by atoms with van der Waals surface area (Å²) in [4.78, 5) is 3.24. The van der Waals surface area contributed by atoms with Gasteiger partial charge in [-0.2, -0.15) is 0 Å². The summed E-state index contributed by atoms with van der Waals surface area (Å²) in [5.41, 5.74) is 2.33. The van der Waals surface area contributed by atoms with Gasteiger partial charge in [0.1, 0.15) is 0 Å². The molecule has 2 rings (SSSR count). The van der Waals surface area contributed by atoms with E-state index in [0.717, 1.165) is 30.3 Å². The van der Waals surface area contributed by atoms with Gasteiger partial charge in [-0.1, -0.05) is 17.7 Å². The number of aromatic nitrogens is 1. The average molecular weight is 267 g/mol. The fourth-order valence-electron chi connectivity index (χ4n) is 1.94. The molecular formula is C14H19ClN2O. The molecule has 2 N–H and O–H groups in total. The van der Waals surface area contributed by atoms with Gasteiger partial charge in [-0.3, -0.25) is 0 Å². The van der Waals surface area contributed by atoms with Gasteiger partial charge in [0.15, 0.2) is 0 Å².